The molecule has 14 heavy (non-hydrogen) atoms. The lowest BCUT2D eigenvalue weighted by atomic mass is 10.3. The maximum Gasteiger partial charge on any atom is 0.417 e. The molecule has 2 rings (SSSR count). The molecule has 0 saturated heterocycles. The van der Waals surface area contributed by atoms with Gasteiger partial charge in [0.05, 0.1) is 11.9 Å². The van der Waals surface area contributed by atoms with Crippen LogP contribution in [-0.2, 0) is 0 Å². The number of aromatic amines is 1. The van der Waals surface area contributed by atoms with Gasteiger partial charge in [-0.3, -0.25) is 4.98 Å². The Kier molecular flexibility index (Phi) is 1.77. The number of aryl methyl sites for hydroxylation is 1. The smallest absolute Gasteiger partial charge is 0.406 e. The first-order valence-corrected chi connectivity index (χ1v) is 3.82. The van der Waals surface area contributed by atoms with E-state index in [1.54, 1.807) is 6.92 Å². The lowest BCUT2D eigenvalue weighted by Crippen LogP contribution is -1.98. The van der Waals surface area contributed by atoms with E-state index < -0.39 is 5.76 Å². The summed E-state index contributed by atoms with van der Waals surface area (Å²) >= 11 is 0. The maximum absolute atomic E-state index is 10.9. The molecule has 0 aliphatic carbocycles. The third-order valence-electron chi connectivity index (χ3n) is 1.63. The van der Waals surface area contributed by atoms with Crippen molar-refractivity contribution in [1.29, 1.82) is 0 Å². The molecule has 0 saturated carbocycles. The second-order valence-corrected chi connectivity index (χ2v) is 2.67. The Labute approximate surface area is 78.0 Å². The summed E-state index contributed by atoms with van der Waals surface area (Å²) < 4.78 is 4.86. The van der Waals surface area contributed by atoms with Crippen molar-refractivity contribution in [3.05, 3.63) is 22.4 Å². The minimum atomic E-state index is -0.533. The molecule has 72 valence electrons. The van der Waals surface area contributed by atoms with E-state index in [-0.39, 0.29) is 5.95 Å². The summed E-state index contributed by atoms with van der Waals surface area (Å²) in [7, 11) is 0. The number of nitrogens with zero attached hydrogens (tertiary/aromatic N) is 3. The molecule has 3 N–H and O–H groups in total. The van der Waals surface area contributed by atoms with Crippen LogP contribution in [0.3, 0.4) is 0 Å². The normalized spacial score (nSPS) is 10.4. The Balaban J connectivity index is 2.59. The highest BCUT2D eigenvalue weighted by Crippen LogP contribution is 2.17. The number of aromatic nitrogens is 4. The Morgan fingerprint density at radius 3 is 2.93 bits per heavy atom. The molecule has 0 radical (unpaired) electrons. The summed E-state index contributed by atoms with van der Waals surface area (Å²) in [6.07, 6.45) is 1.37. The first-order valence-electron chi connectivity index (χ1n) is 3.82. The topological polar surface area (TPSA) is 111 Å². The molecule has 0 fully saturated rings. The highest BCUT2D eigenvalue weighted by atomic mass is 16.4. The van der Waals surface area contributed by atoms with Gasteiger partial charge in [0.1, 0.15) is 5.69 Å². The molecule has 0 spiro atoms. The molecule has 2 aromatic rings. The van der Waals surface area contributed by atoms with Crippen LogP contribution in [0.2, 0.25) is 0 Å². The van der Waals surface area contributed by atoms with Crippen LogP contribution >= 0.6 is 0 Å². The third-order valence-corrected chi connectivity index (χ3v) is 1.63. The average Bonchev–Trinajstić information content (AvgIpc) is 2.45. The van der Waals surface area contributed by atoms with Crippen LogP contribution < -0.4 is 11.5 Å². The Morgan fingerprint density at radius 1 is 1.57 bits per heavy atom. The summed E-state index contributed by atoms with van der Waals surface area (Å²) in [4.78, 5) is 17.2. The Bertz CT molecular complexity index is 515. The van der Waals surface area contributed by atoms with Crippen molar-refractivity contribution in [3.8, 4) is 11.5 Å². The number of hydrogen-bond donors (Lipinski definition) is 2. The zero-order valence-corrected chi connectivity index (χ0v) is 7.31. The van der Waals surface area contributed by atoms with Gasteiger partial charge in [-0.05, 0) is 6.92 Å². The third kappa shape index (κ3) is 1.35. The zero-order chi connectivity index (χ0) is 10.1. The number of nitrogen functional groups attached to an aromatic ring is 1. The number of H-pyrrole nitrogens is 1. The van der Waals surface area contributed by atoms with Crippen LogP contribution in [0, 0.1) is 6.92 Å². The predicted molar refractivity (Wildman–Crippen MR) is 47.3 cm³/mol. The van der Waals surface area contributed by atoms with Crippen LogP contribution in [0.4, 0.5) is 5.95 Å². The van der Waals surface area contributed by atoms with Crippen LogP contribution in [0.15, 0.2) is 15.4 Å². The molecule has 0 atom stereocenters. The van der Waals surface area contributed by atoms with Gasteiger partial charge in [-0.2, -0.15) is 5.10 Å². The first-order chi connectivity index (χ1) is 6.66. The van der Waals surface area contributed by atoms with Crippen molar-refractivity contribution in [1.82, 2.24) is 20.2 Å². The lowest BCUT2D eigenvalue weighted by Gasteiger charge is -1.95. The summed E-state index contributed by atoms with van der Waals surface area (Å²) in [5.41, 5.74) is 6.30. The van der Waals surface area contributed by atoms with E-state index in [2.05, 4.69) is 20.2 Å². The van der Waals surface area contributed by atoms with Crippen molar-refractivity contribution < 1.29 is 4.42 Å². The number of nitrogens with two attached hydrogens (primary N) is 1. The first kappa shape index (κ1) is 8.42. The van der Waals surface area contributed by atoms with Gasteiger partial charge in [-0.1, -0.05) is 0 Å². The van der Waals surface area contributed by atoms with Crippen LogP contribution in [0.25, 0.3) is 11.5 Å². The number of rotatable bonds is 1. The number of oxazole rings is 1. The Morgan fingerprint density at radius 2 is 2.36 bits per heavy atom. The summed E-state index contributed by atoms with van der Waals surface area (Å²) in [6, 6.07) is 0. The van der Waals surface area contributed by atoms with E-state index in [0.29, 0.717) is 17.1 Å². The van der Waals surface area contributed by atoms with Gasteiger partial charge in [0.25, 0.3) is 0 Å². The van der Waals surface area contributed by atoms with E-state index in [1.807, 2.05) is 0 Å². The molecule has 0 aliphatic rings. The second kappa shape index (κ2) is 2.95. The molecule has 2 heterocycles. The average molecular weight is 193 g/mol. The predicted octanol–water partition coefficient (Wildman–Crippen LogP) is -0.289. The molecule has 7 nitrogen and oxygen atoms in total. The van der Waals surface area contributed by atoms with Crippen LogP contribution in [0.5, 0.6) is 0 Å². The van der Waals surface area contributed by atoms with Crippen molar-refractivity contribution >= 4 is 5.95 Å². The number of hydrogen-bond acceptors (Lipinski definition) is 6. The van der Waals surface area contributed by atoms with Crippen molar-refractivity contribution in [2.45, 2.75) is 6.92 Å². The molecular weight excluding hydrogens is 186 g/mol. The summed E-state index contributed by atoms with van der Waals surface area (Å²) in [6.45, 7) is 1.69. The van der Waals surface area contributed by atoms with Crippen LogP contribution in [-0.4, -0.2) is 20.2 Å². The molecule has 7 heteroatoms. The molecule has 0 amide bonds. The number of nitrogens with one attached hydrogen (secondary N) is 1. The van der Waals surface area contributed by atoms with Crippen molar-refractivity contribution in [2.24, 2.45) is 0 Å². The second-order valence-electron chi connectivity index (χ2n) is 2.67. The van der Waals surface area contributed by atoms with Gasteiger partial charge < -0.3 is 10.2 Å². The molecule has 2 aromatic heterocycles. The molecular formula is C7H7N5O2. The fourth-order valence-corrected chi connectivity index (χ4v) is 1.08. The van der Waals surface area contributed by atoms with Gasteiger partial charge in [0, 0.05) is 0 Å². The van der Waals surface area contributed by atoms with E-state index in [0.717, 1.165) is 0 Å². The molecule has 0 unspecified atom stereocenters. The van der Waals surface area contributed by atoms with Crippen LogP contribution in [0.1, 0.15) is 5.69 Å². The van der Waals surface area contributed by atoms with E-state index in [1.165, 1.54) is 6.20 Å². The fraction of sp³-hybridized carbons (Fsp3) is 0.143. The van der Waals surface area contributed by atoms with Gasteiger partial charge in [0.2, 0.25) is 5.95 Å². The molecule has 0 aromatic carbocycles. The highest BCUT2D eigenvalue weighted by molar-refractivity contribution is 5.53. The van der Waals surface area contributed by atoms with Gasteiger partial charge in [0.15, 0.2) is 5.76 Å². The SMILES string of the molecule is Cc1[nH]c(=O)oc1-c1cnnc(N)n1. The quantitative estimate of drug-likeness (QED) is 0.643. The van der Waals surface area contributed by atoms with E-state index in [9.17, 15) is 4.79 Å². The summed E-state index contributed by atoms with van der Waals surface area (Å²) in [5.74, 6) is -0.169. The van der Waals surface area contributed by atoms with Gasteiger partial charge >= 0.3 is 5.76 Å². The van der Waals surface area contributed by atoms with Gasteiger partial charge in [-0.15, -0.1) is 5.10 Å². The largest absolute Gasteiger partial charge is 0.417 e. The lowest BCUT2D eigenvalue weighted by molar-refractivity contribution is 0.526. The maximum atomic E-state index is 10.9. The minimum Gasteiger partial charge on any atom is -0.406 e. The molecule has 0 aliphatic heterocycles. The highest BCUT2D eigenvalue weighted by Gasteiger charge is 2.10. The Hall–Kier alpha value is -2.18. The standard InChI is InChI=1S/C7H7N5O2/c1-3-5(14-7(13)10-3)4-2-9-12-6(8)11-4/h2H,1H3,(H,10,13)(H2,8,11,12). The van der Waals surface area contributed by atoms with Crippen molar-refractivity contribution in [3.63, 3.8) is 0 Å². The van der Waals surface area contributed by atoms with E-state index >= 15 is 0 Å². The number of anilines is 1. The summed E-state index contributed by atoms with van der Waals surface area (Å²) in [5, 5.41) is 7.09. The van der Waals surface area contributed by atoms with Crippen molar-refractivity contribution in [2.75, 3.05) is 5.73 Å². The zero-order valence-electron chi connectivity index (χ0n) is 7.31. The molecule has 0 bridgehead atoms. The van der Waals surface area contributed by atoms with E-state index in [4.69, 9.17) is 10.2 Å². The van der Waals surface area contributed by atoms with Gasteiger partial charge in [-0.25, -0.2) is 9.78 Å². The monoisotopic (exact) mass is 193 g/mol. The minimum absolute atomic E-state index is 0.0331. The fourth-order valence-electron chi connectivity index (χ4n) is 1.08.